The van der Waals surface area contributed by atoms with Crippen LogP contribution in [0.2, 0.25) is 5.02 Å². The normalized spacial score (nSPS) is 16.2. The summed E-state index contributed by atoms with van der Waals surface area (Å²) in [4.78, 5) is 12.8. The Kier molecular flexibility index (Phi) is 7.92. The zero-order valence-corrected chi connectivity index (χ0v) is 18.9. The highest BCUT2D eigenvalue weighted by Gasteiger charge is 2.25. The van der Waals surface area contributed by atoms with E-state index in [0.717, 1.165) is 36.8 Å². The zero-order chi connectivity index (χ0) is 21.6. The lowest BCUT2D eigenvalue weighted by molar-refractivity contribution is -0.121. The molecule has 5 nitrogen and oxygen atoms in total. The molecule has 1 atom stereocenters. The number of nitrogens with one attached hydrogen (secondary N) is 1. The molecule has 7 heteroatoms. The molecule has 2 aromatic carbocycles. The van der Waals surface area contributed by atoms with Crippen LogP contribution in [-0.4, -0.2) is 31.7 Å². The summed E-state index contributed by atoms with van der Waals surface area (Å²) in [6, 6.07) is 14.4. The van der Waals surface area contributed by atoms with Gasteiger partial charge in [-0.1, -0.05) is 49.2 Å². The van der Waals surface area contributed by atoms with Gasteiger partial charge >= 0.3 is 0 Å². The highest BCUT2D eigenvalue weighted by atomic mass is 35.5. The minimum Gasteiger partial charge on any atom is -0.349 e. The molecule has 162 valence electrons. The van der Waals surface area contributed by atoms with Crippen molar-refractivity contribution in [2.75, 3.05) is 13.1 Å². The second-order valence-electron chi connectivity index (χ2n) is 7.69. The Labute approximate surface area is 184 Å². The number of sulfonamides is 1. The lowest BCUT2D eigenvalue weighted by atomic mass is 10.0. The van der Waals surface area contributed by atoms with Gasteiger partial charge in [0.15, 0.2) is 0 Å². The van der Waals surface area contributed by atoms with E-state index in [1.807, 2.05) is 31.2 Å². The van der Waals surface area contributed by atoms with Crippen molar-refractivity contribution in [2.45, 2.75) is 56.4 Å². The smallest absolute Gasteiger partial charge is 0.243 e. The first-order chi connectivity index (χ1) is 14.4. The summed E-state index contributed by atoms with van der Waals surface area (Å²) in [7, 11) is -3.42. The van der Waals surface area contributed by atoms with Gasteiger partial charge in [-0.25, -0.2) is 8.42 Å². The first kappa shape index (κ1) is 22.8. The van der Waals surface area contributed by atoms with Crippen LogP contribution >= 0.6 is 11.6 Å². The van der Waals surface area contributed by atoms with Gasteiger partial charge < -0.3 is 5.32 Å². The molecule has 1 unspecified atom stereocenters. The molecule has 3 rings (SSSR count). The minimum absolute atomic E-state index is 0.0353. The van der Waals surface area contributed by atoms with E-state index in [1.165, 1.54) is 0 Å². The van der Waals surface area contributed by atoms with Gasteiger partial charge in [-0.2, -0.15) is 4.31 Å². The number of amides is 1. The Morgan fingerprint density at radius 1 is 1.10 bits per heavy atom. The molecule has 0 aromatic heterocycles. The molecule has 30 heavy (non-hydrogen) atoms. The molecule has 0 bridgehead atoms. The molecule has 0 saturated carbocycles. The molecular formula is C23H29ClN2O3S. The molecule has 0 spiro atoms. The van der Waals surface area contributed by atoms with Crippen molar-refractivity contribution in [1.29, 1.82) is 0 Å². The molecule has 1 N–H and O–H groups in total. The fraction of sp³-hybridized carbons (Fsp3) is 0.435. The second kappa shape index (κ2) is 10.4. The summed E-state index contributed by atoms with van der Waals surface area (Å²) in [5, 5.41) is 3.71. The molecule has 1 aliphatic rings. The van der Waals surface area contributed by atoms with Crippen molar-refractivity contribution in [3.63, 3.8) is 0 Å². The first-order valence-corrected chi connectivity index (χ1v) is 12.4. The van der Waals surface area contributed by atoms with Crippen LogP contribution in [0.5, 0.6) is 0 Å². The number of benzene rings is 2. The van der Waals surface area contributed by atoms with E-state index in [4.69, 9.17) is 11.6 Å². The Balaban J connectivity index is 1.56. The topological polar surface area (TPSA) is 66.5 Å². The van der Waals surface area contributed by atoms with E-state index in [0.29, 0.717) is 35.8 Å². The van der Waals surface area contributed by atoms with E-state index < -0.39 is 10.0 Å². The van der Waals surface area contributed by atoms with Crippen LogP contribution in [0.3, 0.4) is 0 Å². The van der Waals surface area contributed by atoms with Gasteiger partial charge in [-0.05, 0) is 61.1 Å². The van der Waals surface area contributed by atoms with Crippen LogP contribution < -0.4 is 5.32 Å². The number of piperidine rings is 1. The predicted octanol–water partition coefficient (Wildman–Crippen LogP) is 4.71. The van der Waals surface area contributed by atoms with E-state index in [9.17, 15) is 13.2 Å². The standard InChI is InChI=1S/C23H29ClN2O3S/c1-2-22(19-7-6-8-20(24)17-19)25-23(27)14-11-18-9-12-21(13-10-18)30(28,29)26-15-4-3-5-16-26/h6-10,12-13,17,22H,2-5,11,14-16H2,1H3,(H,25,27). The summed E-state index contributed by atoms with van der Waals surface area (Å²) < 4.78 is 27.0. The number of aryl methyl sites for hydroxylation is 1. The van der Waals surface area contributed by atoms with Gasteiger partial charge in [-0.15, -0.1) is 0 Å². The molecule has 1 amide bonds. The molecule has 1 saturated heterocycles. The predicted molar refractivity (Wildman–Crippen MR) is 120 cm³/mol. The highest BCUT2D eigenvalue weighted by molar-refractivity contribution is 7.89. The third-order valence-electron chi connectivity index (χ3n) is 5.51. The van der Waals surface area contributed by atoms with Gasteiger partial charge in [0, 0.05) is 24.5 Å². The van der Waals surface area contributed by atoms with Crippen molar-refractivity contribution < 1.29 is 13.2 Å². The van der Waals surface area contributed by atoms with Crippen LogP contribution in [0.15, 0.2) is 53.4 Å². The maximum absolute atomic E-state index is 12.7. The van der Waals surface area contributed by atoms with Crippen LogP contribution in [0.4, 0.5) is 0 Å². The maximum Gasteiger partial charge on any atom is 0.243 e. The van der Waals surface area contributed by atoms with Gasteiger partial charge in [0.25, 0.3) is 0 Å². The number of carbonyl (C=O) groups is 1. The fourth-order valence-corrected chi connectivity index (χ4v) is 5.47. The largest absolute Gasteiger partial charge is 0.349 e. The quantitative estimate of drug-likeness (QED) is 0.635. The van der Waals surface area contributed by atoms with Gasteiger partial charge in [0.1, 0.15) is 0 Å². The highest BCUT2D eigenvalue weighted by Crippen LogP contribution is 2.22. The Morgan fingerprint density at radius 3 is 2.43 bits per heavy atom. The maximum atomic E-state index is 12.7. The first-order valence-electron chi connectivity index (χ1n) is 10.5. The number of hydrogen-bond acceptors (Lipinski definition) is 3. The third kappa shape index (κ3) is 5.84. The second-order valence-corrected chi connectivity index (χ2v) is 10.1. The van der Waals surface area contributed by atoms with Gasteiger partial charge in [-0.3, -0.25) is 4.79 Å². The third-order valence-corrected chi connectivity index (χ3v) is 7.66. The Hall–Kier alpha value is -1.89. The van der Waals surface area contributed by atoms with Crippen LogP contribution in [-0.2, 0) is 21.2 Å². The Morgan fingerprint density at radius 2 is 1.80 bits per heavy atom. The molecule has 0 radical (unpaired) electrons. The lowest BCUT2D eigenvalue weighted by Gasteiger charge is -2.25. The molecular weight excluding hydrogens is 420 g/mol. The SMILES string of the molecule is CCC(NC(=O)CCc1ccc(S(=O)(=O)N2CCCCC2)cc1)c1cccc(Cl)c1. The van der Waals surface area contributed by atoms with E-state index in [2.05, 4.69) is 5.32 Å². The number of nitrogens with zero attached hydrogens (tertiary/aromatic N) is 1. The lowest BCUT2D eigenvalue weighted by Crippen LogP contribution is -2.35. The van der Waals surface area contributed by atoms with Gasteiger partial charge in [0.05, 0.1) is 10.9 Å². The summed E-state index contributed by atoms with van der Waals surface area (Å²) in [5.74, 6) is -0.0353. The summed E-state index contributed by atoms with van der Waals surface area (Å²) >= 11 is 6.06. The Bertz CT molecular complexity index is 955. The van der Waals surface area contributed by atoms with Gasteiger partial charge in [0.2, 0.25) is 15.9 Å². The van der Waals surface area contributed by atoms with E-state index in [1.54, 1.807) is 28.6 Å². The van der Waals surface area contributed by atoms with E-state index in [-0.39, 0.29) is 11.9 Å². The number of carbonyl (C=O) groups excluding carboxylic acids is 1. The summed E-state index contributed by atoms with van der Waals surface area (Å²) in [6.45, 7) is 3.21. The zero-order valence-electron chi connectivity index (χ0n) is 17.3. The van der Waals surface area contributed by atoms with Crippen LogP contribution in [0, 0.1) is 0 Å². The molecule has 1 fully saturated rings. The fourth-order valence-electron chi connectivity index (χ4n) is 3.75. The molecule has 1 aliphatic heterocycles. The monoisotopic (exact) mass is 448 g/mol. The average Bonchev–Trinajstić information content (AvgIpc) is 2.77. The summed E-state index contributed by atoms with van der Waals surface area (Å²) in [6.07, 6.45) is 4.59. The van der Waals surface area contributed by atoms with Crippen molar-refractivity contribution in [2.24, 2.45) is 0 Å². The van der Waals surface area contributed by atoms with Crippen LogP contribution in [0.25, 0.3) is 0 Å². The number of rotatable bonds is 8. The van der Waals surface area contributed by atoms with Crippen molar-refractivity contribution in [1.82, 2.24) is 9.62 Å². The minimum atomic E-state index is -3.42. The number of halogens is 1. The molecule has 1 heterocycles. The van der Waals surface area contributed by atoms with Crippen molar-refractivity contribution in [3.8, 4) is 0 Å². The molecule has 0 aliphatic carbocycles. The van der Waals surface area contributed by atoms with Crippen molar-refractivity contribution >= 4 is 27.5 Å². The van der Waals surface area contributed by atoms with E-state index >= 15 is 0 Å². The number of hydrogen-bond donors (Lipinski definition) is 1. The van der Waals surface area contributed by atoms with Crippen LogP contribution in [0.1, 0.15) is 56.2 Å². The van der Waals surface area contributed by atoms with Crippen molar-refractivity contribution in [3.05, 3.63) is 64.7 Å². The average molecular weight is 449 g/mol. The summed E-state index contributed by atoms with van der Waals surface area (Å²) in [5.41, 5.74) is 1.93. The molecule has 2 aromatic rings.